The summed E-state index contributed by atoms with van der Waals surface area (Å²) >= 11 is 0. The van der Waals surface area contributed by atoms with Gasteiger partial charge in [0, 0.05) is 17.0 Å². The Bertz CT molecular complexity index is 908. The van der Waals surface area contributed by atoms with E-state index in [9.17, 15) is 15.3 Å². The molecule has 3 rings (SSSR count). The number of phenolic OH excluding ortho intramolecular Hbond substituents is 3. The van der Waals surface area contributed by atoms with E-state index in [-0.39, 0.29) is 23.2 Å². The molecule has 0 aliphatic heterocycles. The molecule has 0 aliphatic carbocycles. The van der Waals surface area contributed by atoms with Gasteiger partial charge >= 0.3 is 0 Å². The average molecular weight is 362 g/mol. The van der Waals surface area contributed by atoms with Gasteiger partial charge in [-0.05, 0) is 57.4 Å². The molecule has 0 radical (unpaired) electrons. The zero-order chi connectivity index (χ0) is 19.6. The molecule has 27 heavy (non-hydrogen) atoms. The van der Waals surface area contributed by atoms with Gasteiger partial charge in [-0.15, -0.1) is 0 Å². The lowest BCUT2D eigenvalue weighted by molar-refractivity contribution is 0.448. The Kier molecular flexibility index (Phi) is 5.41. The van der Waals surface area contributed by atoms with Gasteiger partial charge in [0.2, 0.25) is 0 Å². The van der Waals surface area contributed by atoms with Crippen molar-refractivity contribution in [2.45, 2.75) is 39.5 Å². The largest absolute Gasteiger partial charge is 0.508 e. The monoisotopic (exact) mass is 362 g/mol. The number of hydrogen-bond acceptors (Lipinski definition) is 3. The van der Waals surface area contributed by atoms with Gasteiger partial charge < -0.3 is 15.3 Å². The first-order valence-electron chi connectivity index (χ1n) is 9.22. The molecule has 0 heterocycles. The topological polar surface area (TPSA) is 60.7 Å². The summed E-state index contributed by atoms with van der Waals surface area (Å²) in [5, 5.41) is 31.2. The summed E-state index contributed by atoms with van der Waals surface area (Å²) < 4.78 is 0. The minimum absolute atomic E-state index is 0.176. The van der Waals surface area contributed by atoms with Gasteiger partial charge in [0.15, 0.2) is 0 Å². The molecule has 0 unspecified atom stereocenters. The molecule has 3 N–H and O–H groups in total. The van der Waals surface area contributed by atoms with Crippen LogP contribution in [0.2, 0.25) is 0 Å². The summed E-state index contributed by atoms with van der Waals surface area (Å²) in [6, 6.07) is 16.7. The van der Waals surface area contributed by atoms with E-state index in [2.05, 4.69) is 0 Å². The highest BCUT2D eigenvalue weighted by Gasteiger charge is 2.22. The average Bonchev–Trinajstić information content (AvgIpc) is 2.63. The van der Waals surface area contributed by atoms with E-state index in [1.807, 2.05) is 57.2 Å². The summed E-state index contributed by atoms with van der Waals surface area (Å²) in [5.74, 6) is 0.547. The van der Waals surface area contributed by atoms with Crippen LogP contribution in [0, 0.1) is 20.8 Å². The molecule has 0 aromatic heterocycles. The molecular weight excluding hydrogens is 336 g/mol. The van der Waals surface area contributed by atoms with Crippen molar-refractivity contribution in [3.8, 4) is 17.2 Å². The lowest BCUT2D eigenvalue weighted by Crippen LogP contribution is -2.05. The Morgan fingerprint density at radius 1 is 0.630 bits per heavy atom. The van der Waals surface area contributed by atoms with Crippen LogP contribution in [0.15, 0.2) is 54.6 Å². The molecule has 0 amide bonds. The minimum atomic E-state index is -0.176. The summed E-state index contributed by atoms with van der Waals surface area (Å²) in [4.78, 5) is 0. The first kappa shape index (κ1) is 18.8. The predicted molar refractivity (Wildman–Crippen MR) is 109 cm³/mol. The molecule has 3 heteroatoms. The standard InChI is InChI=1S/C24H26O3/c1-15-4-9-22(25)18(12-15)7-8-19(20-13-16(2)5-10-23(20)26)21-14-17(3)6-11-24(21)27/h4-6,9-14,19,25-27H,7-8H2,1-3H3. The van der Waals surface area contributed by atoms with Crippen LogP contribution in [-0.2, 0) is 6.42 Å². The molecular formula is C24H26O3. The van der Waals surface area contributed by atoms with Gasteiger partial charge in [-0.25, -0.2) is 0 Å². The van der Waals surface area contributed by atoms with Crippen LogP contribution in [0.4, 0.5) is 0 Å². The van der Waals surface area contributed by atoms with Crippen molar-refractivity contribution in [2.24, 2.45) is 0 Å². The fraction of sp³-hybridized carbons (Fsp3) is 0.250. The van der Waals surface area contributed by atoms with Crippen LogP contribution in [0.3, 0.4) is 0 Å². The second kappa shape index (κ2) is 7.75. The minimum Gasteiger partial charge on any atom is -0.508 e. The van der Waals surface area contributed by atoms with Gasteiger partial charge in [0.05, 0.1) is 0 Å². The van der Waals surface area contributed by atoms with E-state index in [1.165, 1.54) is 0 Å². The maximum atomic E-state index is 10.5. The van der Waals surface area contributed by atoms with Crippen molar-refractivity contribution >= 4 is 0 Å². The molecule has 0 spiro atoms. The molecule has 0 saturated heterocycles. The molecule has 3 aromatic carbocycles. The zero-order valence-corrected chi connectivity index (χ0v) is 16.0. The third-order valence-electron chi connectivity index (χ3n) is 5.05. The van der Waals surface area contributed by atoms with Crippen molar-refractivity contribution < 1.29 is 15.3 Å². The number of benzene rings is 3. The fourth-order valence-corrected chi connectivity index (χ4v) is 3.60. The lowest BCUT2D eigenvalue weighted by Gasteiger charge is -2.22. The van der Waals surface area contributed by atoms with Crippen LogP contribution < -0.4 is 0 Å². The zero-order valence-electron chi connectivity index (χ0n) is 16.0. The Labute approximate surface area is 160 Å². The molecule has 0 saturated carbocycles. The number of phenols is 3. The highest BCUT2D eigenvalue weighted by atomic mass is 16.3. The van der Waals surface area contributed by atoms with Crippen LogP contribution in [0.1, 0.15) is 45.7 Å². The summed E-state index contributed by atoms with van der Waals surface area (Å²) in [6.45, 7) is 5.98. The van der Waals surface area contributed by atoms with Crippen LogP contribution in [0.25, 0.3) is 0 Å². The summed E-state index contributed by atoms with van der Waals surface area (Å²) in [5.41, 5.74) is 5.67. The van der Waals surface area contributed by atoms with Gasteiger partial charge in [-0.2, -0.15) is 0 Å². The maximum Gasteiger partial charge on any atom is 0.119 e. The quantitative estimate of drug-likeness (QED) is 0.562. The van der Waals surface area contributed by atoms with Gasteiger partial charge in [-0.1, -0.05) is 53.1 Å². The van der Waals surface area contributed by atoms with Gasteiger partial charge in [0.1, 0.15) is 17.2 Å². The molecule has 0 aliphatic rings. The molecule has 140 valence electrons. The highest BCUT2D eigenvalue weighted by molar-refractivity contribution is 5.49. The Hall–Kier alpha value is -2.94. The Morgan fingerprint density at radius 3 is 1.59 bits per heavy atom. The predicted octanol–water partition coefficient (Wildman–Crippen LogP) is 5.49. The fourth-order valence-electron chi connectivity index (χ4n) is 3.60. The maximum absolute atomic E-state index is 10.5. The van der Waals surface area contributed by atoms with Crippen LogP contribution in [-0.4, -0.2) is 15.3 Å². The number of aryl methyl sites for hydroxylation is 4. The lowest BCUT2D eigenvalue weighted by atomic mass is 9.84. The van der Waals surface area contributed by atoms with E-state index < -0.39 is 0 Å². The SMILES string of the molecule is Cc1ccc(O)c(CCC(c2cc(C)ccc2O)c2cc(C)ccc2O)c1. The van der Waals surface area contributed by atoms with Crippen LogP contribution >= 0.6 is 0 Å². The van der Waals surface area contributed by atoms with Gasteiger partial charge in [-0.3, -0.25) is 0 Å². The molecule has 0 atom stereocenters. The third-order valence-corrected chi connectivity index (χ3v) is 5.05. The first-order chi connectivity index (χ1) is 12.8. The van der Waals surface area contributed by atoms with Gasteiger partial charge in [0.25, 0.3) is 0 Å². The Balaban J connectivity index is 2.03. The van der Waals surface area contributed by atoms with E-state index in [0.717, 1.165) is 33.4 Å². The normalized spacial score (nSPS) is 11.1. The number of aromatic hydroxyl groups is 3. The van der Waals surface area contributed by atoms with E-state index >= 15 is 0 Å². The second-order valence-corrected chi connectivity index (χ2v) is 7.35. The summed E-state index contributed by atoms with van der Waals surface area (Å²) in [7, 11) is 0. The molecule has 0 bridgehead atoms. The van der Waals surface area contributed by atoms with Crippen LogP contribution in [0.5, 0.6) is 17.2 Å². The van der Waals surface area contributed by atoms with E-state index in [4.69, 9.17) is 0 Å². The van der Waals surface area contributed by atoms with Crippen molar-refractivity contribution in [3.63, 3.8) is 0 Å². The Morgan fingerprint density at radius 2 is 1.07 bits per heavy atom. The van der Waals surface area contributed by atoms with Crippen molar-refractivity contribution in [1.82, 2.24) is 0 Å². The van der Waals surface area contributed by atoms with E-state index in [1.54, 1.807) is 18.2 Å². The number of hydrogen-bond donors (Lipinski definition) is 3. The second-order valence-electron chi connectivity index (χ2n) is 7.35. The molecule has 0 fully saturated rings. The first-order valence-corrected chi connectivity index (χ1v) is 9.22. The number of rotatable bonds is 5. The molecule has 3 aromatic rings. The van der Waals surface area contributed by atoms with Crippen molar-refractivity contribution in [1.29, 1.82) is 0 Å². The third kappa shape index (κ3) is 4.25. The van der Waals surface area contributed by atoms with Crippen molar-refractivity contribution in [2.75, 3.05) is 0 Å². The van der Waals surface area contributed by atoms with Crippen molar-refractivity contribution in [3.05, 3.63) is 88.0 Å². The summed E-state index contributed by atoms with van der Waals surface area (Å²) in [6.07, 6.45) is 1.30. The molecule has 3 nitrogen and oxygen atoms in total. The van der Waals surface area contributed by atoms with E-state index in [0.29, 0.717) is 12.8 Å². The highest BCUT2D eigenvalue weighted by Crippen LogP contribution is 2.40. The smallest absolute Gasteiger partial charge is 0.119 e.